The number of hydrogen-bond donors (Lipinski definition) is 0. The number of hydrogen-bond acceptors (Lipinski definition) is 7. The Morgan fingerprint density at radius 2 is 2.07 bits per heavy atom. The van der Waals surface area contributed by atoms with Gasteiger partial charge in [-0.15, -0.1) is 0 Å². The molecule has 28 heavy (non-hydrogen) atoms. The maximum absolute atomic E-state index is 13.2. The van der Waals surface area contributed by atoms with Crippen LogP contribution < -0.4 is 4.90 Å². The molecule has 2 aliphatic rings. The van der Waals surface area contributed by atoms with Crippen molar-refractivity contribution in [2.24, 2.45) is 5.41 Å². The molecular formula is C20H23N5O3. The summed E-state index contributed by atoms with van der Waals surface area (Å²) in [6, 6.07) is 7.35. The highest BCUT2D eigenvalue weighted by atomic mass is 16.5. The van der Waals surface area contributed by atoms with Crippen molar-refractivity contribution in [1.29, 1.82) is 0 Å². The van der Waals surface area contributed by atoms with Crippen LogP contribution in [0.1, 0.15) is 34.7 Å². The van der Waals surface area contributed by atoms with E-state index < -0.39 is 11.4 Å². The smallest absolute Gasteiger partial charge is 0.356 e. The summed E-state index contributed by atoms with van der Waals surface area (Å²) < 4.78 is 4.78. The molecule has 2 aliphatic heterocycles. The van der Waals surface area contributed by atoms with Gasteiger partial charge in [-0.05, 0) is 38.0 Å². The number of ether oxygens (including phenoxy) is 1. The first kappa shape index (κ1) is 18.3. The molecule has 2 aromatic rings. The molecule has 2 fully saturated rings. The fourth-order valence-electron chi connectivity index (χ4n) is 4.06. The maximum Gasteiger partial charge on any atom is 0.356 e. The highest BCUT2D eigenvalue weighted by Gasteiger charge is 2.51. The van der Waals surface area contributed by atoms with Gasteiger partial charge in [-0.1, -0.05) is 6.07 Å². The van der Waals surface area contributed by atoms with Gasteiger partial charge in [0, 0.05) is 31.5 Å². The Balaban J connectivity index is 1.50. The summed E-state index contributed by atoms with van der Waals surface area (Å²) in [5.74, 6) is 0.161. The molecule has 4 heterocycles. The van der Waals surface area contributed by atoms with Crippen LogP contribution in [-0.2, 0) is 16.1 Å². The number of rotatable bonds is 4. The zero-order chi connectivity index (χ0) is 19.7. The van der Waals surface area contributed by atoms with Crippen LogP contribution in [0.2, 0.25) is 0 Å². The molecule has 2 aromatic heterocycles. The van der Waals surface area contributed by atoms with E-state index in [0.29, 0.717) is 31.3 Å². The van der Waals surface area contributed by atoms with Crippen LogP contribution in [0, 0.1) is 12.3 Å². The maximum atomic E-state index is 13.2. The van der Waals surface area contributed by atoms with Gasteiger partial charge in [0.2, 0.25) is 11.9 Å². The van der Waals surface area contributed by atoms with Crippen molar-refractivity contribution in [3.05, 3.63) is 47.5 Å². The topological polar surface area (TPSA) is 88.5 Å². The van der Waals surface area contributed by atoms with Crippen molar-refractivity contribution in [3.63, 3.8) is 0 Å². The molecule has 0 aromatic carbocycles. The lowest BCUT2D eigenvalue weighted by Gasteiger charge is -2.23. The average molecular weight is 381 g/mol. The highest BCUT2D eigenvalue weighted by molar-refractivity contribution is 5.88. The van der Waals surface area contributed by atoms with Gasteiger partial charge in [-0.2, -0.15) is 0 Å². The first-order chi connectivity index (χ1) is 13.5. The Morgan fingerprint density at radius 1 is 1.25 bits per heavy atom. The summed E-state index contributed by atoms with van der Waals surface area (Å²) in [7, 11) is 1.33. The van der Waals surface area contributed by atoms with E-state index >= 15 is 0 Å². The van der Waals surface area contributed by atoms with E-state index in [0.717, 1.165) is 25.1 Å². The number of esters is 1. The molecule has 4 rings (SSSR count). The SMILES string of the molecule is COC(=O)c1cc(C)nc(N2CCC3(CCN(Cc4ccccn4)C3=O)C2)n1. The lowest BCUT2D eigenvalue weighted by Crippen LogP contribution is -2.37. The molecule has 8 nitrogen and oxygen atoms in total. The summed E-state index contributed by atoms with van der Waals surface area (Å²) >= 11 is 0. The first-order valence-electron chi connectivity index (χ1n) is 9.39. The van der Waals surface area contributed by atoms with Gasteiger partial charge in [0.1, 0.15) is 0 Å². The molecular weight excluding hydrogens is 358 g/mol. The number of nitrogens with zero attached hydrogens (tertiary/aromatic N) is 5. The molecule has 146 valence electrons. The Morgan fingerprint density at radius 3 is 2.82 bits per heavy atom. The zero-order valence-electron chi connectivity index (χ0n) is 16.1. The zero-order valence-corrected chi connectivity index (χ0v) is 16.1. The van der Waals surface area contributed by atoms with Crippen molar-refractivity contribution in [1.82, 2.24) is 19.9 Å². The number of methoxy groups -OCH3 is 1. The number of carbonyl (C=O) groups is 2. The lowest BCUT2D eigenvalue weighted by atomic mass is 9.85. The predicted molar refractivity (Wildman–Crippen MR) is 102 cm³/mol. The summed E-state index contributed by atoms with van der Waals surface area (Å²) in [4.78, 5) is 42.1. The number of aromatic nitrogens is 3. The third-order valence-electron chi connectivity index (χ3n) is 5.55. The van der Waals surface area contributed by atoms with Gasteiger partial charge < -0.3 is 14.5 Å². The second-order valence-corrected chi connectivity index (χ2v) is 7.44. The molecule has 0 radical (unpaired) electrons. The van der Waals surface area contributed by atoms with Crippen LogP contribution in [0.3, 0.4) is 0 Å². The summed E-state index contributed by atoms with van der Waals surface area (Å²) in [5, 5.41) is 0. The average Bonchev–Trinajstić information content (AvgIpc) is 3.27. The van der Waals surface area contributed by atoms with Crippen molar-refractivity contribution in [2.45, 2.75) is 26.3 Å². The number of likely N-dealkylation sites (tertiary alicyclic amines) is 1. The van der Waals surface area contributed by atoms with E-state index in [-0.39, 0.29) is 11.6 Å². The molecule has 1 amide bonds. The molecule has 1 unspecified atom stereocenters. The highest BCUT2D eigenvalue weighted by Crippen LogP contribution is 2.42. The Kier molecular flexibility index (Phi) is 4.70. The largest absolute Gasteiger partial charge is 0.464 e. The monoisotopic (exact) mass is 381 g/mol. The van der Waals surface area contributed by atoms with E-state index in [4.69, 9.17) is 4.74 Å². The van der Waals surface area contributed by atoms with Crippen molar-refractivity contribution in [2.75, 3.05) is 31.6 Å². The number of anilines is 1. The molecule has 0 saturated carbocycles. The number of amides is 1. The van der Waals surface area contributed by atoms with Gasteiger partial charge in [0.05, 0.1) is 24.8 Å². The summed E-state index contributed by atoms with van der Waals surface area (Å²) in [5.41, 5.74) is 1.42. The van der Waals surface area contributed by atoms with E-state index in [1.807, 2.05) is 34.9 Å². The Bertz CT molecular complexity index is 904. The van der Waals surface area contributed by atoms with Gasteiger partial charge in [0.25, 0.3) is 0 Å². The van der Waals surface area contributed by atoms with E-state index in [9.17, 15) is 9.59 Å². The lowest BCUT2D eigenvalue weighted by molar-refractivity contribution is -0.135. The Labute approximate surface area is 163 Å². The predicted octanol–water partition coefficient (Wildman–Crippen LogP) is 1.60. The second kappa shape index (κ2) is 7.18. The van der Waals surface area contributed by atoms with Crippen LogP contribution in [0.5, 0.6) is 0 Å². The molecule has 8 heteroatoms. The first-order valence-corrected chi connectivity index (χ1v) is 9.39. The van der Waals surface area contributed by atoms with Crippen molar-refractivity contribution < 1.29 is 14.3 Å². The van der Waals surface area contributed by atoms with Crippen LogP contribution in [0.25, 0.3) is 0 Å². The minimum Gasteiger partial charge on any atom is -0.464 e. The van der Waals surface area contributed by atoms with Crippen LogP contribution in [0.4, 0.5) is 5.95 Å². The minimum absolute atomic E-state index is 0.168. The minimum atomic E-state index is -0.487. The molecule has 0 aliphatic carbocycles. The van der Waals surface area contributed by atoms with E-state index in [2.05, 4.69) is 15.0 Å². The number of pyridine rings is 1. The van der Waals surface area contributed by atoms with Gasteiger partial charge in [-0.3, -0.25) is 9.78 Å². The van der Waals surface area contributed by atoms with Crippen LogP contribution >= 0.6 is 0 Å². The molecule has 1 spiro atoms. The van der Waals surface area contributed by atoms with E-state index in [1.54, 1.807) is 12.3 Å². The molecule has 0 bridgehead atoms. The van der Waals surface area contributed by atoms with Crippen LogP contribution in [-0.4, -0.2) is 58.5 Å². The summed E-state index contributed by atoms with van der Waals surface area (Å²) in [6.07, 6.45) is 3.32. The molecule has 0 N–H and O–H groups in total. The standard InChI is InChI=1S/C20H23N5O3/c1-14-11-16(17(26)28-2)23-19(22-14)25-10-7-20(13-25)6-9-24(18(20)27)12-15-5-3-4-8-21-15/h3-5,8,11H,6-7,9-10,12-13H2,1-2H3. The fraction of sp³-hybridized carbons (Fsp3) is 0.450. The fourth-order valence-corrected chi connectivity index (χ4v) is 4.06. The number of aryl methyl sites for hydroxylation is 1. The Hall–Kier alpha value is -3.03. The quantitative estimate of drug-likeness (QED) is 0.743. The third-order valence-corrected chi connectivity index (χ3v) is 5.55. The summed E-state index contributed by atoms with van der Waals surface area (Å²) in [6.45, 7) is 4.33. The second-order valence-electron chi connectivity index (χ2n) is 7.44. The van der Waals surface area contributed by atoms with Gasteiger partial charge in [-0.25, -0.2) is 14.8 Å². The third kappa shape index (κ3) is 3.30. The molecule has 2 saturated heterocycles. The van der Waals surface area contributed by atoms with Crippen LogP contribution in [0.15, 0.2) is 30.5 Å². The van der Waals surface area contributed by atoms with Crippen molar-refractivity contribution in [3.8, 4) is 0 Å². The molecule has 1 atom stereocenters. The van der Waals surface area contributed by atoms with Crippen molar-refractivity contribution >= 4 is 17.8 Å². The number of carbonyl (C=O) groups excluding carboxylic acids is 2. The normalized spacial score (nSPS) is 21.6. The van der Waals surface area contributed by atoms with E-state index in [1.165, 1.54) is 7.11 Å². The van der Waals surface area contributed by atoms with Gasteiger partial charge >= 0.3 is 5.97 Å². The van der Waals surface area contributed by atoms with Gasteiger partial charge in [0.15, 0.2) is 5.69 Å².